The Morgan fingerprint density at radius 3 is 2.94 bits per heavy atom. The third-order valence-corrected chi connectivity index (χ3v) is 3.12. The molecule has 0 bridgehead atoms. The first kappa shape index (κ1) is 10.9. The van der Waals surface area contributed by atoms with Crippen molar-refractivity contribution in [1.29, 1.82) is 0 Å². The van der Waals surface area contributed by atoms with Gasteiger partial charge in [-0.05, 0) is 24.5 Å². The van der Waals surface area contributed by atoms with Crippen molar-refractivity contribution in [1.82, 2.24) is 4.90 Å². The summed E-state index contributed by atoms with van der Waals surface area (Å²) >= 11 is 0. The van der Waals surface area contributed by atoms with E-state index in [1.807, 2.05) is 23.1 Å². The summed E-state index contributed by atoms with van der Waals surface area (Å²) in [6.07, 6.45) is 3.90. The van der Waals surface area contributed by atoms with E-state index in [-0.39, 0.29) is 0 Å². The molecule has 2 rings (SSSR count). The molecule has 1 heterocycles. The second kappa shape index (κ2) is 4.92. The molecule has 0 radical (unpaired) electrons. The van der Waals surface area contributed by atoms with Gasteiger partial charge < -0.3 is 4.90 Å². The molecule has 0 spiro atoms. The van der Waals surface area contributed by atoms with Crippen LogP contribution in [0.4, 0.5) is 0 Å². The molecule has 1 aliphatic rings. The number of amides is 1. The van der Waals surface area contributed by atoms with Crippen molar-refractivity contribution < 1.29 is 9.59 Å². The Morgan fingerprint density at radius 1 is 1.31 bits per heavy atom. The smallest absolute Gasteiger partial charge is 0.209 e. The quantitative estimate of drug-likeness (QED) is 0.724. The molecular formula is C13H15NO2. The van der Waals surface area contributed by atoms with Crippen molar-refractivity contribution >= 4 is 12.7 Å². The molecule has 1 amide bonds. The number of likely N-dealkylation sites (tertiary alicyclic amines) is 1. The van der Waals surface area contributed by atoms with E-state index in [1.165, 1.54) is 0 Å². The van der Waals surface area contributed by atoms with Gasteiger partial charge in [0.25, 0.3) is 0 Å². The Balaban J connectivity index is 2.16. The Bertz CT molecular complexity index is 389. The zero-order chi connectivity index (χ0) is 11.4. The molecule has 16 heavy (non-hydrogen) atoms. The largest absolute Gasteiger partial charge is 0.345 e. The van der Waals surface area contributed by atoms with Crippen LogP contribution in [-0.2, 0) is 4.79 Å². The molecule has 1 atom stereocenters. The van der Waals surface area contributed by atoms with Gasteiger partial charge in [0.2, 0.25) is 6.41 Å². The summed E-state index contributed by atoms with van der Waals surface area (Å²) in [4.78, 5) is 23.2. The maximum atomic E-state index is 10.7. The Hall–Kier alpha value is -1.64. The van der Waals surface area contributed by atoms with E-state index in [1.54, 1.807) is 6.07 Å². The lowest BCUT2D eigenvalue weighted by molar-refractivity contribution is -0.119. The molecule has 1 aromatic carbocycles. The molecule has 1 saturated heterocycles. The summed E-state index contributed by atoms with van der Waals surface area (Å²) in [5.41, 5.74) is 1.87. The fourth-order valence-electron chi connectivity index (χ4n) is 2.26. The van der Waals surface area contributed by atoms with E-state index in [9.17, 15) is 9.59 Å². The van der Waals surface area contributed by atoms with Crippen molar-refractivity contribution in [3.8, 4) is 0 Å². The van der Waals surface area contributed by atoms with Crippen LogP contribution >= 0.6 is 0 Å². The molecule has 0 N–H and O–H groups in total. The molecule has 0 aromatic heterocycles. The average Bonchev–Trinajstić information content (AvgIpc) is 2.39. The van der Waals surface area contributed by atoms with Gasteiger partial charge in [-0.1, -0.05) is 18.2 Å². The van der Waals surface area contributed by atoms with E-state index in [0.29, 0.717) is 11.5 Å². The van der Waals surface area contributed by atoms with Crippen LogP contribution in [0.25, 0.3) is 0 Å². The van der Waals surface area contributed by atoms with E-state index >= 15 is 0 Å². The van der Waals surface area contributed by atoms with Crippen LogP contribution in [0.1, 0.15) is 34.7 Å². The number of piperidine rings is 1. The van der Waals surface area contributed by atoms with Crippen LogP contribution in [0.5, 0.6) is 0 Å². The van der Waals surface area contributed by atoms with Gasteiger partial charge in [0.05, 0.1) is 0 Å². The topological polar surface area (TPSA) is 37.4 Å². The van der Waals surface area contributed by atoms with E-state index in [0.717, 1.165) is 44.2 Å². The van der Waals surface area contributed by atoms with Crippen LogP contribution in [0.2, 0.25) is 0 Å². The predicted octanol–water partition coefficient (Wildman–Crippen LogP) is 1.83. The minimum atomic E-state index is 0.374. The van der Waals surface area contributed by atoms with Crippen molar-refractivity contribution in [3.63, 3.8) is 0 Å². The van der Waals surface area contributed by atoms with Gasteiger partial charge in [0.1, 0.15) is 6.29 Å². The highest BCUT2D eigenvalue weighted by Gasteiger charge is 2.20. The van der Waals surface area contributed by atoms with Crippen molar-refractivity contribution in [2.24, 2.45) is 0 Å². The van der Waals surface area contributed by atoms with Gasteiger partial charge in [-0.15, -0.1) is 0 Å². The van der Waals surface area contributed by atoms with E-state index in [4.69, 9.17) is 0 Å². The number of nitrogens with zero attached hydrogens (tertiary/aromatic N) is 1. The molecule has 1 unspecified atom stereocenters. The fourth-order valence-corrected chi connectivity index (χ4v) is 2.26. The SMILES string of the molecule is O=Cc1cccc(C2CCCN(C=O)C2)c1. The first-order valence-corrected chi connectivity index (χ1v) is 5.58. The van der Waals surface area contributed by atoms with Gasteiger partial charge in [-0.3, -0.25) is 9.59 Å². The minimum Gasteiger partial charge on any atom is -0.345 e. The van der Waals surface area contributed by atoms with E-state index in [2.05, 4.69) is 0 Å². The molecule has 1 aliphatic heterocycles. The Kier molecular flexibility index (Phi) is 3.34. The normalized spacial score (nSPS) is 20.5. The Morgan fingerprint density at radius 2 is 2.19 bits per heavy atom. The van der Waals surface area contributed by atoms with Gasteiger partial charge in [-0.2, -0.15) is 0 Å². The van der Waals surface area contributed by atoms with E-state index < -0.39 is 0 Å². The lowest BCUT2D eigenvalue weighted by Gasteiger charge is -2.30. The van der Waals surface area contributed by atoms with Gasteiger partial charge >= 0.3 is 0 Å². The monoisotopic (exact) mass is 217 g/mol. The number of aldehydes is 1. The third-order valence-electron chi connectivity index (χ3n) is 3.12. The van der Waals surface area contributed by atoms with Gasteiger partial charge in [-0.25, -0.2) is 0 Å². The highest BCUT2D eigenvalue weighted by molar-refractivity contribution is 5.75. The number of carbonyl (C=O) groups is 2. The highest BCUT2D eigenvalue weighted by Crippen LogP contribution is 2.26. The summed E-state index contributed by atoms with van der Waals surface area (Å²) in [7, 11) is 0. The van der Waals surface area contributed by atoms with Gasteiger partial charge in [0.15, 0.2) is 0 Å². The van der Waals surface area contributed by atoms with Crippen molar-refractivity contribution in [3.05, 3.63) is 35.4 Å². The Labute approximate surface area is 95.1 Å². The summed E-state index contributed by atoms with van der Waals surface area (Å²) in [6, 6.07) is 7.66. The molecule has 3 heteroatoms. The zero-order valence-corrected chi connectivity index (χ0v) is 9.13. The number of benzene rings is 1. The van der Waals surface area contributed by atoms with Crippen molar-refractivity contribution in [2.75, 3.05) is 13.1 Å². The second-order valence-electron chi connectivity index (χ2n) is 4.23. The lowest BCUT2D eigenvalue weighted by Crippen LogP contribution is -2.33. The van der Waals surface area contributed by atoms with Crippen LogP contribution in [0, 0.1) is 0 Å². The average molecular weight is 217 g/mol. The summed E-state index contributed by atoms with van der Waals surface area (Å²) in [5, 5.41) is 0. The van der Waals surface area contributed by atoms with Crippen LogP contribution in [0.3, 0.4) is 0 Å². The molecule has 1 aromatic rings. The highest BCUT2D eigenvalue weighted by atomic mass is 16.1. The number of hydrogen-bond donors (Lipinski definition) is 0. The third kappa shape index (κ3) is 2.30. The standard InChI is InChI=1S/C13H15NO2/c15-9-11-3-1-4-12(7-11)13-5-2-6-14(8-13)10-16/h1,3-4,7,9-10,13H,2,5-6,8H2. The maximum Gasteiger partial charge on any atom is 0.209 e. The fraction of sp³-hybridized carbons (Fsp3) is 0.385. The van der Waals surface area contributed by atoms with Crippen LogP contribution < -0.4 is 0 Å². The van der Waals surface area contributed by atoms with Gasteiger partial charge in [0, 0.05) is 24.6 Å². The molecule has 3 nitrogen and oxygen atoms in total. The molecule has 1 fully saturated rings. The molecule has 0 aliphatic carbocycles. The summed E-state index contributed by atoms with van der Waals surface area (Å²) in [5.74, 6) is 0.374. The number of hydrogen-bond acceptors (Lipinski definition) is 2. The molecule has 0 saturated carbocycles. The summed E-state index contributed by atoms with van der Waals surface area (Å²) in [6.45, 7) is 1.62. The number of rotatable bonds is 3. The summed E-state index contributed by atoms with van der Waals surface area (Å²) < 4.78 is 0. The maximum absolute atomic E-state index is 10.7. The molecular weight excluding hydrogens is 202 g/mol. The first-order chi connectivity index (χ1) is 7.83. The van der Waals surface area contributed by atoms with Crippen LogP contribution in [0.15, 0.2) is 24.3 Å². The lowest BCUT2D eigenvalue weighted by atomic mass is 9.90. The zero-order valence-electron chi connectivity index (χ0n) is 9.13. The second-order valence-corrected chi connectivity index (χ2v) is 4.23. The van der Waals surface area contributed by atoms with Crippen LogP contribution in [-0.4, -0.2) is 30.7 Å². The van der Waals surface area contributed by atoms with Crippen molar-refractivity contribution in [2.45, 2.75) is 18.8 Å². The molecule has 84 valence electrons. The first-order valence-electron chi connectivity index (χ1n) is 5.58. The predicted molar refractivity (Wildman–Crippen MR) is 61.4 cm³/mol. The number of carbonyl (C=O) groups excluding carboxylic acids is 2. The minimum absolute atomic E-state index is 0.374.